The molecule has 1 saturated heterocycles. The number of esters is 1. The van der Waals surface area contributed by atoms with Gasteiger partial charge in [-0.05, 0) is 44.6 Å². The number of carbonyl (C=O) groups excluding carboxylic acids is 2. The Morgan fingerprint density at radius 2 is 2.12 bits per heavy atom. The number of likely N-dealkylation sites (tertiary alicyclic amines) is 1. The van der Waals surface area contributed by atoms with Gasteiger partial charge in [-0.2, -0.15) is 5.26 Å². The summed E-state index contributed by atoms with van der Waals surface area (Å²) in [6.07, 6.45) is 7.07. The molecule has 1 aliphatic heterocycles. The van der Waals surface area contributed by atoms with Gasteiger partial charge in [0.1, 0.15) is 0 Å². The molecule has 1 aliphatic carbocycles. The van der Waals surface area contributed by atoms with E-state index >= 15 is 0 Å². The van der Waals surface area contributed by atoms with Crippen molar-refractivity contribution in [3.05, 3.63) is 21.9 Å². The fourth-order valence-corrected chi connectivity index (χ4v) is 5.03. The number of thiophene rings is 1. The van der Waals surface area contributed by atoms with E-state index in [0.717, 1.165) is 19.4 Å². The van der Waals surface area contributed by atoms with Crippen LogP contribution >= 0.6 is 11.3 Å². The third kappa shape index (κ3) is 3.72. The highest BCUT2D eigenvalue weighted by Crippen LogP contribution is 2.36. The second-order valence-corrected chi connectivity index (χ2v) is 7.75. The van der Waals surface area contributed by atoms with Gasteiger partial charge in [-0.3, -0.25) is 9.59 Å². The zero-order valence-electron chi connectivity index (χ0n) is 14.6. The average Bonchev–Trinajstić information content (AvgIpc) is 3.11. The first-order chi connectivity index (χ1) is 12.2. The van der Waals surface area contributed by atoms with Crippen LogP contribution in [-0.2, 0) is 9.53 Å². The minimum absolute atomic E-state index is 0.0413. The van der Waals surface area contributed by atoms with Gasteiger partial charge in [0.15, 0.2) is 5.92 Å². The number of amides is 1. The molecule has 0 radical (unpaired) electrons. The molecule has 2 heterocycles. The Bertz CT molecular complexity index is 676. The van der Waals surface area contributed by atoms with Gasteiger partial charge >= 0.3 is 5.97 Å². The number of nitrogens with zero attached hydrogens (tertiary/aromatic N) is 2. The van der Waals surface area contributed by atoms with E-state index < -0.39 is 11.9 Å². The van der Waals surface area contributed by atoms with Gasteiger partial charge in [0, 0.05) is 22.8 Å². The Labute approximate surface area is 152 Å². The summed E-state index contributed by atoms with van der Waals surface area (Å²) in [5, 5.41) is 11.1. The second-order valence-electron chi connectivity index (χ2n) is 6.80. The van der Waals surface area contributed by atoms with Crippen LogP contribution in [0.2, 0.25) is 0 Å². The summed E-state index contributed by atoms with van der Waals surface area (Å²) in [6.45, 7) is 2.77. The maximum absolute atomic E-state index is 13.0. The van der Waals surface area contributed by atoms with Gasteiger partial charge in [-0.15, -0.1) is 11.3 Å². The number of hydrogen-bond donors (Lipinski definition) is 0. The van der Waals surface area contributed by atoms with Gasteiger partial charge < -0.3 is 9.64 Å². The molecule has 0 spiro atoms. The van der Waals surface area contributed by atoms with Crippen molar-refractivity contribution >= 4 is 23.2 Å². The van der Waals surface area contributed by atoms with E-state index in [1.165, 1.54) is 37.0 Å². The van der Waals surface area contributed by atoms with Crippen LogP contribution in [0.15, 0.2) is 11.4 Å². The molecule has 0 aromatic carbocycles. The highest BCUT2D eigenvalue weighted by atomic mass is 32.1. The first kappa shape index (κ1) is 17.9. The van der Waals surface area contributed by atoms with Crippen LogP contribution in [0.3, 0.4) is 0 Å². The lowest BCUT2D eigenvalue weighted by Gasteiger charge is -2.44. The standard InChI is InChI=1S/C19H24N2O3S/c1-2-24-19(23)15(11-20)17-10-14(12-25-17)18(22)21-9-5-7-13-6-3-4-8-16(13)21/h10,12-13,15-16H,2-9H2,1H3/t13-,15?,16-/m1/s1. The number of nitriles is 1. The second kappa shape index (κ2) is 8.01. The van der Waals surface area contributed by atoms with Gasteiger partial charge in [0.25, 0.3) is 5.91 Å². The fraction of sp³-hybridized carbons (Fsp3) is 0.632. The molecule has 3 rings (SSSR count). The monoisotopic (exact) mass is 360 g/mol. The van der Waals surface area contributed by atoms with E-state index in [1.807, 2.05) is 11.0 Å². The van der Waals surface area contributed by atoms with E-state index in [9.17, 15) is 14.9 Å². The van der Waals surface area contributed by atoms with E-state index in [1.54, 1.807) is 18.4 Å². The largest absolute Gasteiger partial charge is 0.465 e. The van der Waals surface area contributed by atoms with Crippen LogP contribution in [0, 0.1) is 17.2 Å². The maximum Gasteiger partial charge on any atom is 0.328 e. The highest BCUT2D eigenvalue weighted by molar-refractivity contribution is 7.10. The molecule has 1 aromatic heterocycles. The smallest absolute Gasteiger partial charge is 0.328 e. The lowest BCUT2D eigenvalue weighted by atomic mass is 9.78. The Kier molecular flexibility index (Phi) is 5.74. The minimum atomic E-state index is -0.949. The minimum Gasteiger partial charge on any atom is -0.465 e. The molecule has 6 heteroatoms. The topological polar surface area (TPSA) is 70.4 Å². The first-order valence-electron chi connectivity index (χ1n) is 9.11. The van der Waals surface area contributed by atoms with Crippen molar-refractivity contribution in [1.82, 2.24) is 4.90 Å². The van der Waals surface area contributed by atoms with Crippen LogP contribution in [0.25, 0.3) is 0 Å². The van der Waals surface area contributed by atoms with Crippen molar-refractivity contribution in [3.8, 4) is 6.07 Å². The Morgan fingerprint density at radius 1 is 1.36 bits per heavy atom. The SMILES string of the molecule is CCOC(=O)C(C#N)c1cc(C(=O)N2CCC[C@H]3CCCC[C@H]32)cs1. The lowest BCUT2D eigenvalue weighted by Crippen LogP contribution is -2.49. The molecule has 3 atom stereocenters. The van der Waals surface area contributed by atoms with Gasteiger partial charge in [-0.1, -0.05) is 12.8 Å². The van der Waals surface area contributed by atoms with Gasteiger partial charge in [0.2, 0.25) is 0 Å². The molecule has 25 heavy (non-hydrogen) atoms. The molecule has 1 aromatic rings. The predicted octanol–water partition coefficient (Wildman–Crippen LogP) is 3.71. The van der Waals surface area contributed by atoms with Crippen molar-refractivity contribution in [3.63, 3.8) is 0 Å². The summed E-state index contributed by atoms with van der Waals surface area (Å²) in [6, 6.07) is 4.05. The molecule has 0 N–H and O–H groups in total. The molecular weight excluding hydrogens is 336 g/mol. The van der Waals surface area contributed by atoms with Crippen LogP contribution in [0.1, 0.15) is 66.6 Å². The number of rotatable bonds is 4. The first-order valence-corrected chi connectivity index (χ1v) is 9.99. The normalized spacial score (nSPS) is 24.1. The van der Waals surface area contributed by atoms with Crippen molar-refractivity contribution in [2.24, 2.45) is 5.92 Å². The van der Waals surface area contributed by atoms with Crippen molar-refractivity contribution in [1.29, 1.82) is 5.26 Å². The summed E-state index contributed by atoms with van der Waals surface area (Å²) < 4.78 is 4.96. The summed E-state index contributed by atoms with van der Waals surface area (Å²) in [7, 11) is 0. The third-order valence-electron chi connectivity index (χ3n) is 5.31. The molecule has 5 nitrogen and oxygen atoms in total. The lowest BCUT2D eigenvalue weighted by molar-refractivity contribution is -0.143. The molecule has 2 aliphatic rings. The van der Waals surface area contributed by atoms with E-state index in [4.69, 9.17) is 4.74 Å². The highest BCUT2D eigenvalue weighted by Gasteiger charge is 2.36. The summed E-state index contributed by atoms with van der Waals surface area (Å²) in [5.41, 5.74) is 0.593. The molecule has 1 saturated carbocycles. The van der Waals surface area contributed by atoms with Crippen molar-refractivity contribution in [2.75, 3.05) is 13.2 Å². The number of fused-ring (bicyclic) bond motifs is 1. The quantitative estimate of drug-likeness (QED) is 0.768. The Balaban J connectivity index is 1.76. The molecule has 134 valence electrons. The fourth-order valence-electron chi connectivity index (χ4n) is 4.12. The van der Waals surface area contributed by atoms with Crippen molar-refractivity contribution < 1.29 is 14.3 Å². The third-order valence-corrected chi connectivity index (χ3v) is 6.30. The summed E-state index contributed by atoms with van der Waals surface area (Å²) in [4.78, 5) is 27.5. The number of ether oxygens (including phenoxy) is 1. The van der Waals surface area contributed by atoms with Gasteiger partial charge in [0.05, 0.1) is 18.2 Å². The predicted molar refractivity (Wildman–Crippen MR) is 95.3 cm³/mol. The Morgan fingerprint density at radius 3 is 2.88 bits per heavy atom. The van der Waals surface area contributed by atoms with E-state index in [-0.39, 0.29) is 12.5 Å². The summed E-state index contributed by atoms with van der Waals surface area (Å²) >= 11 is 1.29. The maximum atomic E-state index is 13.0. The molecular formula is C19H24N2O3S. The van der Waals surface area contributed by atoms with Crippen LogP contribution in [-0.4, -0.2) is 36.0 Å². The number of carbonyl (C=O) groups is 2. The Hall–Kier alpha value is -1.87. The molecule has 1 amide bonds. The van der Waals surface area contributed by atoms with Crippen LogP contribution in [0.4, 0.5) is 0 Å². The van der Waals surface area contributed by atoms with Gasteiger partial charge in [-0.25, -0.2) is 0 Å². The summed E-state index contributed by atoms with van der Waals surface area (Å²) in [5.74, 6) is -0.818. The molecule has 1 unspecified atom stereocenters. The molecule has 2 fully saturated rings. The average molecular weight is 360 g/mol. The molecule has 0 bridgehead atoms. The van der Waals surface area contributed by atoms with E-state index in [2.05, 4.69) is 0 Å². The van der Waals surface area contributed by atoms with Crippen LogP contribution < -0.4 is 0 Å². The zero-order chi connectivity index (χ0) is 17.8. The van der Waals surface area contributed by atoms with Crippen LogP contribution in [0.5, 0.6) is 0 Å². The van der Waals surface area contributed by atoms with E-state index in [0.29, 0.717) is 22.4 Å². The van der Waals surface area contributed by atoms with Crippen molar-refractivity contribution in [2.45, 2.75) is 57.4 Å². The zero-order valence-corrected chi connectivity index (χ0v) is 15.4. The number of piperidine rings is 1. The number of hydrogen-bond acceptors (Lipinski definition) is 5.